The highest BCUT2D eigenvalue weighted by molar-refractivity contribution is 5.78. The number of anilines is 2. The number of imidazole rings is 1. The van der Waals surface area contributed by atoms with E-state index in [1.807, 2.05) is 6.07 Å². The second-order valence-electron chi connectivity index (χ2n) is 8.96. The van der Waals surface area contributed by atoms with Crippen LogP contribution in [0.15, 0.2) is 30.3 Å². The molecule has 3 aromatic rings. The molecule has 1 aromatic carbocycles. The second kappa shape index (κ2) is 12.9. The normalized spacial score (nSPS) is 16.8. The molecule has 8 nitrogen and oxygen atoms in total. The fourth-order valence-electron chi connectivity index (χ4n) is 4.63. The standard InChI is InChI=1S/C23H28F2N6O.C2H6FN/c24-21(25)22-27-17-8-4-5-9-18(17)31(22)20-14-19(30-10-12-32-13-11-30)28-23(29-20)26-15-16-6-2-1-3-7-16;3-1-2-4/h4-5,8-9,14,16,21H,1-3,6-7,10-13,15H2,(H,26,28,29);1-2,4H2. The van der Waals surface area contributed by atoms with Crippen molar-refractivity contribution in [2.45, 2.75) is 38.5 Å². The maximum atomic E-state index is 13.9. The Morgan fingerprint density at radius 3 is 2.42 bits per heavy atom. The minimum Gasteiger partial charge on any atom is -0.378 e. The predicted molar refractivity (Wildman–Crippen MR) is 135 cm³/mol. The number of para-hydroxylation sites is 2. The number of aromatic nitrogens is 4. The van der Waals surface area contributed by atoms with Crippen LogP contribution in [0.5, 0.6) is 0 Å². The molecule has 0 amide bonds. The molecule has 0 radical (unpaired) electrons. The second-order valence-corrected chi connectivity index (χ2v) is 8.96. The van der Waals surface area contributed by atoms with Crippen LogP contribution in [0.25, 0.3) is 16.9 Å². The Bertz CT molecular complexity index is 1100. The Balaban J connectivity index is 0.000000709. The van der Waals surface area contributed by atoms with Crippen LogP contribution >= 0.6 is 0 Å². The monoisotopic (exact) mass is 505 g/mol. The van der Waals surface area contributed by atoms with Crippen LogP contribution in [0.2, 0.25) is 0 Å². The van der Waals surface area contributed by atoms with Crippen molar-refractivity contribution in [1.82, 2.24) is 19.5 Å². The van der Waals surface area contributed by atoms with Gasteiger partial charge in [0.25, 0.3) is 6.43 Å². The van der Waals surface area contributed by atoms with Crippen LogP contribution in [0.4, 0.5) is 24.9 Å². The molecule has 1 aliphatic carbocycles. The highest BCUT2D eigenvalue weighted by Crippen LogP contribution is 2.30. The number of halogens is 3. The summed E-state index contributed by atoms with van der Waals surface area (Å²) in [6.45, 7) is 3.16. The van der Waals surface area contributed by atoms with E-state index in [4.69, 9.17) is 9.72 Å². The van der Waals surface area contributed by atoms with Crippen molar-refractivity contribution in [3.05, 3.63) is 36.2 Å². The third kappa shape index (κ3) is 6.44. The predicted octanol–water partition coefficient (Wildman–Crippen LogP) is 4.50. The molecule has 11 heteroatoms. The SMILES string of the molecule is FC(F)c1nc2ccccc2n1-c1cc(N2CCOCC2)nc(NCC2CCCCC2)n1.NCCF. The number of nitrogens with one attached hydrogen (secondary N) is 1. The molecular weight excluding hydrogens is 471 g/mol. The first-order chi connectivity index (χ1) is 17.6. The smallest absolute Gasteiger partial charge is 0.296 e. The van der Waals surface area contributed by atoms with Crippen molar-refractivity contribution in [2.24, 2.45) is 11.7 Å². The van der Waals surface area contributed by atoms with Gasteiger partial charge in [-0.1, -0.05) is 31.4 Å². The van der Waals surface area contributed by atoms with E-state index in [0.29, 0.717) is 60.8 Å². The Labute approximate surface area is 209 Å². The molecule has 0 unspecified atom stereocenters. The average Bonchev–Trinajstić information content (AvgIpc) is 3.33. The first-order valence-electron chi connectivity index (χ1n) is 12.6. The van der Waals surface area contributed by atoms with Gasteiger partial charge in [-0.2, -0.15) is 9.97 Å². The van der Waals surface area contributed by atoms with Gasteiger partial charge >= 0.3 is 0 Å². The van der Waals surface area contributed by atoms with Crippen molar-refractivity contribution < 1.29 is 17.9 Å². The molecule has 1 saturated carbocycles. The maximum Gasteiger partial charge on any atom is 0.296 e. The summed E-state index contributed by atoms with van der Waals surface area (Å²) in [5, 5.41) is 3.39. The lowest BCUT2D eigenvalue weighted by Crippen LogP contribution is -2.37. The Morgan fingerprint density at radius 2 is 1.72 bits per heavy atom. The molecule has 5 rings (SSSR count). The summed E-state index contributed by atoms with van der Waals surface area (Å²) in [5.41, 5.74) is 5.78. The van der Waals surface area contributed by atoms with E-state index < -0.39 is 13.1 Å². The van der Waals surface area contributed by atoms with Gasteiger partial charge in [-0.3, -0.25) is 4.57 Å². The van der Waals surface area contributed by atoms with Gasteiger partial charge in [-0.25, -0.2) is 18.2 Å². The highest BCUT2D eigenvalue weighted by Gasteiger charge is 2.23. The summed E-state index contributed by atoms with van der Waals surface area (Å²) in [5.74, 6) is 1.86. The molecule has 2 fully saturated rings. The van der Waals surface area contributed by atoms with E-state index in [0.717, 1.165) is 6.54 Å². The molecule has 2 aliphatic rings. The van der Waals surface area contributed by atoms with Crippen LogP contribution in [-0.4, -0.2) is 65.6 Å². The first-order valence-corrected chi connectivity index (χ1v) is 12.6. The molecule has 1 saturated heterocycles. The lowest BCUT2D eigenvalue weighted by atomic mass is 9.89. The topological polar surface area (TPSA) is 94.1 Å². The number of fused-ring (bicyclic) bond motifs is 1. The maximum absolute atomic E-state index is 13.9. The summed E-state index contributed by atoms with van der Waals surface area (Å²) in [6, 6.07) is 8.92. The van der Waals surface area contributed by atoms with Gasteiger partial charge in [0.05, 0.1) is 24.2 Å². The summed E-state index contributed by atoms with van der Waals surface area (Å²) in [7, 11) is 0. The van der Waals surface area contributed by atoms with Crippen LogP contribution in [-0.2, 0) is 4.74 Å². The van der Waals surface area contributed by atoms with Gasteiger partial charge in [-0.15, -0.1) is 0 Å². The Morgan fingerprint density at radius 1 is 1.03 bits per heavy atom. The molecule has 1 aliphatic heterocycles. The number of benzene rings is 1. The van der Waals surface area contributed by atoms with Crippen molar-refractivity contribution >= 4 is 22.8 Å². The number of rotatable bonds is 7. The van der Waals surface area contributed by atoms with Gasteiger partial charge in [0.15, 0.2) is 5.82 Å². The zero-order valence-electron chi connectivity index (χ0n) is 20.4. The largest absolute Gasteiger partial charge is 0.378 e. The van der Waals surface area contributed by atoms with Crippen molar-refractivity contribution in [2.75, 3.05) is 56.3 Å². The number of morpholine rings is 1. The molecule has 0 atom stereocenters. The van der Waals surface area contributed by atoms with Crippen molar-refractivity contribution in [3.63, 3.8) is 0 Å². The summed E-state index contributed by atoms with van der Waals surface area (Å²) < 4.78 is 45.4. The third-order valence-corrected chi connectivity index (χ3v) is 6.43. The molecule has 3 heterocycles. The van der Waals surface area contributed by atoms with Gasteiger partial charge in [0.1, 0.15) is 18.3 Å². The van der Waals surface area contributed by atoms with E-state index in [1.165, 1.54) is 36.7 Å². The minimum atomic E-state index is -2.72. The van der Waals surface area contributed by atoms with Gasteiger partial charge in [0, 0.05) is 32.2 Å². The lowest BCUT2D eigenvalue weighted by molar-refractivity contribution is 0.122. The van der Waals surface area contributed by atoms with Crippen LogP contribution in [0, 0.1) is 5.92 Å². The zero-order valence-corrected chi connectivity index (χ0v) is 20.4. The Hall–Kier alpha value is -2.92. The number of nitrogens with zero attached hydrogens (tertiary/aromatic N) is 5. The number of alkyl halides is 3. The number of hydrogen-bond acceptors (Lipinski definition) is 7. The quantitative estimate of drug-likeness (QED) is 0.488. The van der Waals surface area contributed by atoms with Crippen LogP contribution in [0.1, 0.15) is 44.4 Å². The van der Waals surface area contributed by atoms with E-state index in [-0.39, 0.29) is 12.4 Å². The van der Waals surface area contributed by atoms with E-state index >= 15 is 0 Å². The Kier molecular flexibility index (Phi) is 9.35. The average molecular weight is 506 g/mol. The number of nitrogens with two attached hydrogens (primary N) is 1. The van der Waals surface area contributed by atoms with Crippen molar-refractivity contribution in [1.29, 1.82) is 0 Å². The molecule has 2 aromatic heterocycles. The summed E-state index contributed by atoms with van der Waals surface area (Å²) in [6.07, 6.45) is 3.49. The summed E-state index contributed by atoms with van der Waals surface area (Å²) >= 11 is 0. The minimum absolute atomic E-state index is 0.153. The molecule has 36 heavy (non-hydrogen) atoms. The van der Waals surface area contributed by atoms with Gasteiger partial charge < -0.3 is 20.7 Å². The lowest BCUT2D eigenvalue weighted by Gasteiger charge is -2.28. The van der Waals surface area contributed by atoms with Crippen LogP contribution < -0.4 is 16.0 Å². The number of hydrogen-bond donors (Lipinski definition) is 2. The summed E-state index contributed by atoms with van der Waals surface area (Å²) in [4.78, 5) is 15.7. The zero-order chi connectivity index (χ0) is 25.3. The van der Waals surface area contributed by atoms with E-state index in [1.54, 1.807) is 24.3 Å². The highest BCUT2D eigenvalue weighted by atomic mass is 19.3. The molecular formula is C25H34F3N7O. The van der Waals surface area contributed by atoms with Gasteiger partial charge in [-0.05, 0) is 30.9 Å². The van der Waals surface area contributed by atoms with Crippen molar-refractivity contribution in [3.8, 4) is 5.82 Å². The first kappa shape index (κ1) is 26.2. The molecule has 3 N–H and O–H groups in total. The molecule has 0 bridgehead atoms. The molecule has 0 spiro atoms. The third-order valence-electron chi connectivity index (χ3n) is 6.43. The molecule has 196 valence electrons. The van der Waals surface area contributed by atoms with Crippen LogP contribution in [0.3, 0.4) is 0 Å². The van der Waals surface area contributed by atoms with E-state index in [9.17, 15) is 13.2 Å². The van der Waals surface area contributed by atoms with Gasteiger partial charge in [0.2, 0.25) is 5.95 Å². The number of ether oxygens (including phenoxy) is 1. The fourth-order valence-corrected chi connectivity index (χ4v) is 4.63. The fraction of sp³-hybridized carbons (Fsp3) is 0.560. The van der Waals surface area contributed by atoms with E-state index in [2.05, 4.69) is 25.9 Å².